The van der Waals surface area contributed by atoms with Crippen molar-refractivity contribution >= 4 is 33.0 Å². The SMILES string of the molecule is Cc1sc(C)c(CN2CCN(c3ccccc3)CC2)c1Br. The van der Waals surface area contributed by atoms with E-state index in [-0.39, 0.29) is 0 Å². The van der Waals surface area contributed by atoms with E-state index < -0.39 is 0 Å². The van der Waals surface area contributed by atoms with Crippen molar-refractivity contribution in [2.45, 2.75) is 20.4 Å². The molecule has 0 atom stereocenters. The highest BCUT2D eigenvalue weighted by atomic mass is 79.9. The van der Waals surface area contributed by atoms with E-state index >= 15 is 0 Å². The third-order valence-corrected chi connectivity index (χ3v) is 6.58. The van der Waals surface area contributed by atoms with Crippen molar-refractivity contribution in [3.63, 3.8) is 0 Å². The van der Waals surface area contributed by atoms with Crippen molar-refractivity contribution < 1.29 is 0 Å². The zero-order valence-electron chi connectivity index (χ0n) is 12.6. The molecule has 0 spiro atoms. The van der Waals surface area contributed by atoms with E-state index in [4.69, 9.17) is 0 Å². The summed E-state index contributed by atoms with van der Waals surface area (Å²) in [6.45, 7) is 9.99. The van der Waals surface area contributed by atoms with E-state index in [0.29, 0.717) is 0 Å². The van der Waals surface area contributed by atoms with Gasteiger partial charge in [0.2, 0.25) is 0 Å². The van der Waals surface area contributed by atoms with Crippen LogP contribution in [0.4, 0.5) is 5.69 Å². The minimum atomic E-state index is 1.07. The Kier molecular flexibility index (Phi) is 4.67. The Hall–Kier alpha value is -0.840. The van der Waals surface area contributed by atoms with Crippen LogP contribution in [0.25, 0.3) is 0 Å². The maximum atomic E-state index is 3.75. The van der Waals surface area contributed by atoms with Gasteiger partial charge >= 0.3 is 0 Å². The van der Waals surface area contributed by atoms with Crippen LogP contribution in [0.15, 0.2) is 34.8 Å². The Balaban J connectivity index is 1.61. The number of para-hydroxylation sites is 1. The van der Waals surface area contributed by atoms with Crippen LogP contribution in [0, 0.1) is 13.8 Å². The van der Waals surface area contributed by atoms with Gasteiger partial charge in [0.1, 0.15) is 0 Å². The molecule has 21 heavy (non-hydrogen) atoms. The molecule has 0 radical (unpaired) electrons. The smallest absolute Gasteiger partial charge is 0.0367 e. The molecule has 2 aromatic rings. The van der Waals surface area contributed by atoms with Gasteiger partial charge in [-0.25, -0.2) is 0 Å². The highest BCUT2D eigenvalue weighted by molar-refractivity contribution is 9.10. The lowest BCUT2D eigenvalue weighted by atomic mass is 10.2. The van der Waals surface area contributed by atoms with E-state index in [1.165, 1.54) is 25.5 Å². The van der Waals surface area contributed by atoms with Gasteiger partial charge in [-0.1, -0.05) is 18.2 Å². The molecule has 2 heterocycles. The molecule has 2 nitrogen and oxygen atoms in total. The van der Waals surface area contributed by atoms with Crippen LogP contribution in [-0.2, 0) is 6.54 Å². The van der Waals surface area contributed by atoms with Crippen molar-refractivity contribution in [2.24, 2.45) is 0 Å². The Morgan fingerprint density at radius 2 is 1.67 bits per heavy atom. The third kappa shape index (κ3) is 3.33. The Bertz CT molecular complexity index is 601. The molecule has 0 bridgehead atoms. The summed E-state index contributed by atoms with van der Waals surface area (Å²) in [4.78, 5) is 7.89. The van der Waals surface area contributed by atoms with Crippen LogP contribution in [0.5, 0.6) is 0 Å². The first-order valence-corrected chi connectivity index (χ1v) is 9.03. The second-order valence-electron chi connectivity index (χ2n) is 5.61. The molecule has 0 saturated carbocycles. The second-order valence-corrected chi connectivity index (χ2v) is 7.83. The van der Waals surface area contributed by atoms with Gasteiger partial charge in [-0.3, -0.25) is 4.90 Å². The number of piperazine rings is 1. The van der Waals surface area contributed by atoms with Crippen LogP contribution in [0.2, 0.25) is 0 Å². The summed E-state index contributed by atoms with van der Waals surface area (Å²) < 4.78 is 1.32. The largest absolute Gasteiger partial charge is 0.369 e. The number of thiophene rings is 1. The first-order chi connectivity index (χ1) is 10.1. The average Bonchev–Trinajstić information content (AvgIpc) is 2.75. The van der Waals surface area contributed by atoms with Gasteiger partial charge in [-0.05, 0) is 47.5 Å². The summed E-state index contributed by atoms with van der Waals surface area (Å²) in [5.74, 6) is 0. The van der Waals surface area contributed by atoms with E-state index in [0.717, 1.165) is 32.7 Å². The number of anilines is 1. The first-order valence-electron chi connectivity index (χ1n) is 7.42. The molecular weight excluding hydrogens is 344 g/mol. The zero-order valence-corrected chi connectivity index (χ0v) is 15.0. The normalized spacial score (nSPS) is 16.4. The molecule has 1 saturated heterocycles. The highest BCUT2D eigenvalue weighted by Gasteiger charge is 2.20. The number of halogens is 1. The quantitative estimate of drug-likeness (QED) is 0.793. The number of benzene rings is 1. The minimum absolute atomic E-state index is 1.07. The van der Waals surface area contributed by atoms with Crippen molar-refractivity contribution in [1.82, 2.24) is 4.90 Å². The van der Waals surface area contributed by atoms with Gasteiger partial charge in [0, 0.05) is 52.6 Å². The molecule has 0 amide bonds. The van der Waals surface area contributed by atoms with E-state index in [1.54, 1.807) is 0 Å². The fourth-order valence-electron chi connectivity index (χ4n) is 2.91. The van der Waals surface area contributed by atoms with Gasteiger partial charge in [0.05, 0.1) is 0 Å². The van der Waals surface area contributed by atoms with Gasteiger partial charge in [-0.15, -0.1) is 11.3 Å². The van der Waals surface area contributed by atoms with E-state index in [1.807, 2.05) is 11.3 Å². The van der Waals surface area contributed by atoms with Crippen LogP contribution < -0.4 is 4.90 Å². The van der Waals surface area contributed by atoms with Crippen molar-refractivity contribution in [3.05, 3.63) is 50.1 Å². The van der Waals surface area contributed by atoms with Gasteiger partial charge in [0.15, 0.2) is 0 Å². The Labute approximate surface area is 139 Å². The topological polar surface area (TPSA) is 6.48 Å². The molecule has 0 unspecified atom stereocenters. The van der Waals surface area contributed by atoms with Crippen molar-refractivity contribution in [1.29, 1.82) is 0 Å². The summed E-state index contributed by atoms with van der Waals surface area (Å²) in [6, 6.07) is 10.7. The monoisotopic (exact) mass is 364 g/mol. The molecule has 0 aliphatic carbocycles. The summed E-state index contributed by atoms with van der Waals surface area (Å²) in [7, 11) is 0. The fourth-order valence-corrected chi connectivity index (χ4v) is 4.67. The van der Waals surface area contributed by atoms with E-state index in [2.05, 4.69) is 69.9 Å². The standard InChI is InChI=1S/C17H21BrN2S/c1-13-16(17(18)14(2)21-13)12-19-8-10-20(11-9-19)15-6-4-3-5-7-15/h3-7H,8-12H2,1-2H3. The zero-order chi connectivity index (χ0) is 14.8. The van der Waals surface area contributed by atoms with Crippen molar-refractivity contribution in [2.75, 3.05) is 31.1 Å². The fraction of sp³-hybridized carbons (Fsp3) is 0.412. The Morgan fingerprint density at radius 3 is 2.24 bits per heavy atom. The lowest BCUT2D eigenvalue weighted by molar-refractivity contribution is 0.249. The molecule has 1 aromatic carbocycles. The lowest BCUT2D eigenvalue weighted by Crippen LogP contribution is -2.46. The summed E-state index contributed by atoms with van der Waals surface area (Å²) in [5.41, 5.74) is 2.83. The predicted molar refractivity (Wildman–Crippen MR) is 95.4 cm³/mol. The number of aryl methyl sites for hydroxylation is 2. The molecule has 3 rings (SSSR count). The van der Waals surface area contributed by atoms with E-state index in [9.17, 15) is 0 Å². The summed E-state index contributed by atoms with van der Waals surface area (Å²) in [5, 5.41) is 0. The molecule has 1 aliphatic rings. The van der Waals surface area contributed by atoms with Crippen LogP contribution >= 0.6 is 27.3 Å². The molecule has 112 valence electrons. The number of rotatable bonds is 3. The molecule has 1 fully saturated rings. The van der Waals surface area contributed by atoms with Gasteiger partial charge in [0.25, 0.3) is 0 Å². The molecule has 4 heteroatoms. The molecule has 0 N–H and O–H groups in total. The molecule has 1 aliphatic heterocycles. The maximum Gasteiger partial charge on any atom is 0.0367 e. The first kappa shape index (κ1) is 15.1. The van der Waals surface area contributed by atoms with Gasteiger partial charge < -0.3 is 4.90 Å². The summed E-state index contributed by atoms with van der Waals surface area (Å²) >= 11 is 5.65. The molecular formula is C17H21BrN2S. The molecule has 1 aromatic heterocycles. The Morgan fingerprint density at radius 1 is 1.00 bits per heavy atom. The second kappa shape index (κ2) is 6.51. The number of hydrogen-bond acceptors (Lipinski definition) is 3. The predicted octanol–water partition coefficient (Wildman–Crippen LogP) is 4.45. The minimum Gasteiger partial charge on any atom is -0.369 e. The average molecular weight is 365 g/mol. The number of nitrogens with zero attached hydrogens (tertiary/aromatic N) is 2. The van der Waals surface area contributed by atoms with Crippen LogP contribution in [0.1, 0.15) is 15.3 Å². The number of hydrogen-bond donors (Lipinski definition) is 0. The maximum absolute atomic E-state index is 3.75. The van der Waals surface area contributed by atoms with Gasteiger partial charge in [-0.2, -0.15) is 0 Å². The lowest BCUT2D eigenvalue weighted by Gasteiger charge is -2.36. The van der Waals surface area contributed by atoms with Crippen molar-refractivity contribution in [3.8, 4) is 0 Å². The highest BCUT2D eigenvalue weighted by Crippen LogP contribution is 2.33. The third-order valence-electron chi connectivity index (χ3n) is 4.18. The summed E-state index contributed by atoms with van der Waals surface area (Å²) in [6.07, 6.45) is 0. The van der Waals surface area contributed by atoms with Crippen LogP contribution in [-0.4, -0.2) is 31.1 Å². The van der Waals surface area contributed by atoms with Crippen LogP contribution in [0.3, 0.4) is 0 Å².